The lowest BCUT2D eigenvalue weighted by Crippen LogP contribution is -2.37. The van der Waals surface area contributed by atoms with Crippen LogP contribution in [0.5, 0.6) is 5.75 Å². The topological polar surface area (TPSA) is 21.3 Å². The standard InChI is InChI=1S/C16H27NO/c1-6-16(7-2,12-17-8-3)14-11-13(4)9-10-15(14)18-5/h9-11,17H,6-8,12H2,1-5H3. The van der Waals surface area contributed by atoms with Gasteiger partial charge in [-0.05, 0) is 32.4 Å². The predicted octanol–water partition coefficient (Wildman–Crippen LogP) is 3.67. The Morgan fingerprint density at radius 2 is 1.83 bits per heavy atom. The van der Waals surface area contributed by atoms with Crippen molar-refractivity contribution in [1.29, 1.82) is 0 Å². The van der Waals surface area contributed by atoms with Gasteiger partial charge in [-0.3, -0.25) is 0 Å². The van der Waals surface area contributed by atoms with Crippen molar-refractivity contribution in [3.63, 3.8) is 0 Å². The highest BCUT2D eigenvalue weighted by molar-refractivity contribution is 5.42. The molecule has 1 aromatic carbocycles. The van der Waals surface area contributed by atoms with Gasteiger partial charge in [0.2, 0.25) is 0 Å². The summed E-state index contributed by atoms with van der Waals surface area (Å²) in [5.41, 5.74) is 2.82. The van der Waals surface area contributed by atoms with E-state index in [0.29, 0.717) is 0 Å². The molecule has 0 heterocycles. The summed E-state index contributed by atoms with van der Waals surface area (Å²) in [7, 11) is 1.76. The van der Waals surface area contributed by atoms with Crippen LogP contribution >= 0.6 is 0 Å². The molecule has 2 heteroatoms. The molecule has 0 saturated heterocycles. The number of rotatable bonds is 7. The molecule has 0 saturated carbocycles. The molecule has 0 spiro atoms. The number of benzene rings is 1. The molecule has 0 radical (unpaired) electrons. The van der Waals surface area contributed by atoms with Gasteiger partial charge in [0.25, 0.3) is 0 Å². The van der Waals surface area contributed by atoms with Gasteiger partial charge in [0.05, 0.1) is 7.11 Å². The fraction of sp³-hybridized carbons (Fsp3) is 0.625. The molecule has 0 unspecified atom stereocenters. The molecule has 18 heavy (non-hydrogen) atoms. The van der Waals surface area contributed by atoms with Gasteiger partial charge in [0.15, 0.2) is 0 Å². The van der Waals surface area contributed by atoms with Crippen molar-refractivity contribution in [2.75, 3.05) is 20.2 Å². The van der Waals surface area contributed by atoms with E-state index in [1.165, 1.54) is 11.1 Å². The highest BCUT2D eigenvalue weighted by Crippen LogP contribution is 2.37. The average Bonchev–Trinajstić information content (AvgIpc) is 2.41. The fourth-order valence-electron chi connectivity index (χ4n) is 2.58. The van der Waals surface area contributed by atoms with Gasteiger partial charge in [0, 0.05) is 17.5 Å². The Kier molecular flexibility index (Phi) is 5.67. The largest absolute Gasteiger partial charge is 0.496 e. The number of likely N-dealkylation sites (N-methyl/N-ethyl adjacent to an activating group) is 1. The highest BCUT2D eigenvalue weighted by atomic mass is 16.5. The Bertz CT molecular complexity index is 369. The Balaban J connectivity index is 3.22. The lowest BCUT2D eigenvalue weighted by atomic mass is 9.75. The third kappa shape index (κ3) is 3.05. The summed E-state index contributed by atoms with van der Waals surface area (Å²) in [5.74, 6) is 1.02. The maximum absolute atomic E-state index is 5.56. The van der Waals surface area contributed by atoms with Crippen LogP contribution in [0, 0.1) is 6.92 Å². The van der Waals surface area contributed by atoms with Gasteiger partial charge >= 0.3 is 0 Å². The molecule has 1 aromatic rings. The minimum atomic E-state index is 0.174. The summed E-state index contributed by atoms with van der Waals surface area (Å²) in [6.07, 6.45) is 2.24. The van der Waals surface area contributed by atoms with Crippen LogP contribution in [0.4, 0.5) is 0 Å². The molecular formula is C16H27NO. The van der Waals surface area contributed by atoms with Gasteiger partial charge in [-0.1, -0.05) is 38.5 Å². The molecule has 0 aliphatic carbocycles. The first-order valence-corrected chi connectivity index (χ1v) is 6.99. The minimum absolute atomic E-state index is 0.174. The van der Waals surface area contributed by atoms with Gasteiger partial charge in [-0.2, -0.15) is 0 Å². The third-order valence-corrected chi connectivity index (χ3v) is 3.99. The van der Waals surface area contributed by atoms with E-state index in [2.05, 4.69) is 51.2 Å². The number of methoxy groups -OCH3 is 1. The Labute approximate surface area is 112 Å². The first kappa shape index (κ1) is 15.0. The van der Waals surface area contributed by atoms with Crippen LogP contribution in [0.1, 0.15) is 44.7 Å². The molecule has 0 bridgehead atoms. The van der Waals surface area contributed by atoms with E-state index in [0.717, 1.165) is 31.7 Å². The Hall–Kier alpha value is -1.02. The smallest absolute Gasteiger partial charge is 0.122 e. The van der Waals surface area contributed by atoms with Crippen LogP contribution in [-0.2, 0) is 5.41 Å². The quantitative estimate of drug-likeness (QED) is 0.796. The van der Waals surface area contributed by atoms with E-state index in [4.69, 9.17) is 4.74 Å². The second-order valence-electron chi connectivity index (χ2n) is 4.97. The normalized spacial score (nSPS) is 11.6. The number of aryl methyl sites for hydroxylation is 1. The summed E-state index contributed by atoms with van der Waals surface area (Å²) in [5, 5.41) is 3.50. The van der Waals surface area contributed by atoms with E-state index >= 15 is 0 Å². The van der Waals surface area contributed by atoms with Crippen molar-refractivity contribution in [1.82, 2.24) is 5.32 Å². The average molecular weight is 249 g/mol. The van der Waals surface area contributed by atoms with Crippen LogP contribution in [0.25, 0.3) is 0 Å². The highest BCUT2D eigenvalue weighted by Gasteiger charge is 2.30. The first-order chi connectivity index (χ1) is 8.63. The van der Waals surface area contributed by atoms with Gasteiger partial charge in [-0.15, -0.1) is 0 Å². The maximum Gasteiger partial charge on any atom is 0.122 e. The molecule has 0 aromatic heterocycles. The molecular weight excluding hydrogens is 222 g/mol. The van der Waals surface area contributed by atoms with Crippen molar-refractivity contribution < 1.29 is 4.74 Å². The van der Waals surface area contributed by atoms with Crippen LogP contribution in [0.3, 0.4) is 0 Å². The first-order valence-electron chi connectivity index (χ1n) is 6.99. The maximum atomic E-state index is 5.56. The third-order valence-electron chi connectivity index (χ3n) is 3.99. The lowest BCUT2D eigenvalue weighted by Gasteiger charge is -2.34. The summed E-state index contributed by atoms with van der Waals surface area (Å²) in [4.78, 5) is 0. The molecule has 0 fully saturated rings. The zero-order chi connectivity index (χ0) is 13.6. The number of hydrogen-bond acceptors (Lipinski definition) is 2. The molecule has 0 aliphatic rings. The van der Waals surface area contributed by atoms with Crippen LogP contribution in [0.2, 0.25) is 0 Å². The van der Waals surface area contributed by atoms with E-state index in [1.54, 1.807) is 7.11 Å². The SMILES string of the molecule is CCNCC(CC)(CC)c1cc(C)ccc1OC. The van der Waals surface area contributed by atoms with E-state index < -0.39 is 0 Å². The lowest BCUT2D eigenvalue weighted by molar-refractivity contribution is 0.341. The van der Waals surface area contributed by atoms with Gasteiger partial charge in [0.1, 0.15) is 5.75 Å². The summed E-state index contributed by atoms with van der Waals surface area (Å²) >= 11 is 0. The van der Waals surface area contributed by atoms with E-state index in [9.17, 15) is 0 Å². The van der Waals surface area contributed by atoms with Crippen LogP contribution in [0.15, 0.2) is 18.2 Å². The zero-order valence-corrected chi connectivity index (χ0v) is 12.5. The summed E-state index contributed by atoms with van der Waals surface area (Å²) in [6.45, 7) is 10.9. The second kappa shape index (κ2) is 6.79. The summed E-state index contributed by atoms with van der Waals surface area (Å²) < 4.78 is 5.56. The Morgan fingerprint density at radius 1 is 1.17 bits per heavy atom. The predicted molar refractivity (Wildman–Crippen MR) is 78.5 cm³/mol. The molecule has 1 rings (SSSR count). The van der Waals surface area contributed by atoms with Crippen molar-refractivity contribution in [3.8, 4) is 5.75 Å². The van der Waals surface area contributed by atoms with Gasteiger partial charge in [-0.25, -0.2) is 0 Å². The monoisotopic (exact) mass is 249 g/mol. The molecule has 2 nitrogen and oxygen atoms in total. The van der Waals surface area contributed by atoms with Gasteiger partial charge < -0.3 is 10.1 Å². The van der Waals surface area contributed by atoms with Crippen molar-refractivity contribution >= 4 is 0 Å². The van der Waals surface area contributed by atoms with Crippen molar-refractivity contribution in [3.05, 3.63) is 29.3 Å². The minimum Gasteiger partial charge on any atom is -0.496 e. The van der Waals surface area contributed by atoms with E-state index in [-0.39, 0.29) is 5.41 Å². The molecule has 102 valence electrons. The number of nitrogens with one attached hydrogen (secondary N) is 1. The Morgan fingerprint density at radius 3 is 2.33 bits per heavy atom. The van der Waals surface area contributed by atoms with Crippen LogP contribution < -0.4 is 10.1 Å². The molecule has 0 amide bonds. The zero-order valence-electron chi connectivity index (χ0n) is 12.5. The number of ether oxygens (including phenoxy) is 1. The van der Waals surface area contributed by atoms with E-state index in [1.807, 2.05) is 0 Å². The molecule has 0 atom stereocenters. The van der Waals surface area contributed by atoms with Crippen molar-refractivity contribution in [2.24, 2.45) is 0 Å². The number of hydrogen-bond donors (Lipinski definition) is 1. The van der Waals surface area contributed by atoms with Crippen molar-refractivity contribution in [2.45, 2.75) is 46.0 Å². The second-order valence-corrected chi connectivity index (χ2v) is 4.97. The van der Waals surface area contributed by atoms with Crippen LogP contribution in [-0.4, -0.2) is 20.2 Å². The molecule has 0 aliphatic heterocycles. The summed E-state index contributed by atoms with van der Waals surface area (Å²) in [6, 6.07) is 6.49. The molecule has 1 N–H and O–H groups in total. The fourth-order valence-corrected chi connectivity index (χ4v) is 2.58.